The van der Waals surface area contributed by atoms with Crippen molar-refractivity contribution in [2.45, 2.75) is 52.5 Å². The molecule has 0 saturated carbocycles. The Morgan fingerprint density at radius 1 is 1.13 bits per heavy atom. The third-order valence-electron chi connectivity index (χ3n) is 5.36. The lowest BCUT2D eigenvalue weighted by atomic mass is 9.87. The quantitative estimate of drug-likeness (QED) is 0.540. The topological polar surface area (TPSA) is 68.5 Å². The summed E-state index contributed by atoms with van der Waals surface area (Å²) >= 11 is 0. The number of methoxy groups -OCH3 is 1. The molecule has 0 aliphatic carbocycles. The molecule has 6 nitrogen and oxygen atoms in total. The number of hydrogen-bond acceptors (Lipinski definition) is 5. The normalized spacial score (nSPS) is 11.4. The molecule has 1 aromatic heterocycles. The van der Waals surface area contributed by atoms with Gasteiger partial charge in [0.2, 0.25) is 17.6 Å². The number of nitrogens with zero attached hydrogens (tertiary/aromatic N) is 3. The predicted molar refractivity (Wildman–Crippen MR) is 121 cm³/mol. The van der Waals surface area contributed by atoms with Crippen LogP contribution in [0.15, 0.2) is 47.0 Å². The molecule has 0 atom stereocenters. The van der Waals surface area contributed by atoms with Crippen LogP contribution in [0.5, 0.6) is 5.75 Å². The van der Waals surface area contributed by atoms with Crippen molar-refractivity contribution in [1.82, 2.24) is 15.0 Å². The van der Waals surface area contributed by atoms with Crippen LogP contribution in [-0.2, 0) is 23.2 Å². The fourth-order valence-electron chi connectivity index (χ4n) is 3.38. The van der Waals surface area contributed by atoms with E-state index < -0.39 is 0 Å². The van der Waals surface area contributed by atoms with Gasteiger partial charge >= 0.3 is 0 Å². The van der Waals surface area contributed by atoms with Crippen LogP contribution >= 0.6 is 0 Å². The highest BCUT2D eigenvalue weighted by molar-refractivity contribution is 5.76. The van der Waals surface area contributed by atoms with Crippen molar-refractivity contribution < 1.29 is 14.1 Å². The largest absolute Gasteiger partial charge is 0.496 e. The number of carbonyl (C=O) groups excluding carboxylic acids is 1. The minimum absolute atomic E-state index is 0.0303. The number of ether oxygens (including phenoxy) is 1. The molecule has 0 bridgehead atoms. The molecule has 1 amide bonds. The summed E-state index contributed by atoms with van der Waals surface area (Å²) in [5, 5.41) is 4.07. The number of hydrogen-bond donors (Lipinski definition) is 0. The molecule has 2 aromatic carbocycles. The van der Waals surface area contributed by atoms with E-state index in [4.69, 9.17) is 9.26 Å². The first kappa shape index (κ1) is 22.5. The molecule has 1 heterocycles. The van der Waals surface area contributed by atoms with Crippen molar-refractivity contribution in [2.75, 3.05) is 14.2 Å². The third kappa shape index (κ3) is 5.72. The van der Waals surface area contributed by atoms with Crippen molar-refractivity contribution in [3.05, 3.63) is 65.0 Å². The summed E-state index contributed by atoms with van der Waals surface area (Å²) in [6, 6.07) is 14.2. The zero-order valence-electron chi connectivity index (χ0n) is 19.2. The van der Waals surface area contributed by atoms with E-state index in [0.717, 1.165) is 22.4 Å². The van der Waals surface area contributed by atoms with Crippen LogP contribution < -0.4 is 4.74 Å². The van der Waals surface area contributed by atoms with E-state index in [2.05, 4.69) is 49.1 Å². The van der Waals surface area contributed by atoms with Crippen LogP contribution in [0.25, 0.3) is 11.4 Å². The molecule has 0 fully saturated rings. The highest BCUT2D eigenvalue weighted by Crippen LogP contribution is 2.25. The van der Waals surface area contributed by atoms with Crippen LogP contribution in [0.2, 0.25) is 0 Å². The molecule has 0 unspecified atom stereocenters. The van der Waals surface area contributed by atoms with Gasteiger partial charge in [-0.3, -0.25) is 4.79 Å². The second kappa shape index (κ2) is 9.33. The van der Waals surface area contributed by atoms with Gasteiger partial charge in [-0.25, -0.2) is 0 Å². The van der Waals surface area contributed by atoms with Gasteiger partial charge in [0.05, 0.1) is 13.7 Å². The zero-order valence-corrected chi connectivity index (χ0v) is 19.2. The van der Waals surface area contributed by atoms with Gasteiger partial charge in [0, 0.05) is 19.0 Å². The molecule has 0 aliphatic heterocycles. The van der Waals surface area contributed by atoms with Gasteiger partial charge in [0.15, 0.2) is 0 Å². The van der Waals surface area contributed by atoms with E-state index in [9.17, 15) is 4.79 Å². The molecule has 164 valence electrons. The van der Waals surface area contributed by atoms with E-state index >= 15 is 0 Å². The first-order valence-electron chi connectivity index (χ1n) is 10.5. The van der Waals surface area contributed by atoms with Gasteiger partial charge in [0.25, 0.3) is 0 Å². The smallest absolute Gasteiger partial charge is 0.246 e. The summed E-state index contributed by atoms with van der Waals surface area (Å²) < 4.78 is 10.7. The molecule has 3 rings (SSSR count). The second-order valence-corrected chi connectivity index (χ2v) is 8.89. The van der Waals surface area contributed by atoms with Crippen molar-refractivity contribution in [1.29, 1.82) is 0 Å². The Kier molecular flexibility index (Phi) is 6.78. The number of carbonyl (C=O) groups is 1. The fraction of sp³-hybridized carbons (Fsp3) is 0.400. The van der Waals surface area contributed by atoms with Crippen LogP contribution in [0.1, 0.15) is 49.8 Å². The predicted octanol–water partition coefficient (Wildman–Crippen LogP) is 4.94. The monoisotopic (exact) mass is 421 g/mol. The molecule has 0 N–H and O–H groups in total. The number of aromatic nitrogens is 2. The van der Waals surface area contributed by atoms with Gasteiger partial charge in [-0.05, 0) is 41.5 Å². The van der Waals surface area contributed by atoms with E-state index in [-0.39, 0.29) is 17.9 Å². The Labute approximate surface area is 184 Å². The molecule has 31 heavy (non-hydrogen) atoms. The molecule has 0 radical (unpaired) electrons. The molecule has 0 spiro atoms. The van der Waals surface area contributed by atoms with E-state index in [1.54, 1.807) is 19.1 Å². The lowest BCUT2D eigenvalue weighted by Gasteiger charge is -2.18. The molecular formula is C25H31N3O3. The minimum atomic E-state index is 0.0303. The third-order valence-corrected chi connectivity index (χ3v) is 5.36. The average Bonchev–Trinajstić information content (AvgIpc) is 3.20. The molecule has 0 saturated heterocycles. The SMILES string of the molecule is COc1ccc(CCC(=O)N(C)Cc2nc(-c3ccc(C(C)(C)C)cc3)no2)cc1C. The maximum absolute atomic E-state index is 12.5. The lowest BCUT2D eigenvalue weighted by Crippen LogP contribution is -2.26. The summed E-state index contributed by atoms with van der Waals surface area (Å²) in [4.78, 5) is 18.6. The Bertz CT molecular complexity index is 1030. The number of benzene rings is 2. The molecule has 0 aliphatic rings. The summed E-state index contributed by atoms with van der Waals surface area (Å²) in [5.41, 5.74) is 4.41. The summed E-state index contributed by atoms with van der Waals surface area (Å²) in [6.45, 7) is 8.82. The standard InChI is InChI=1S/C25H31N3O3/c1-17-15-18(7-13-21(17)30-6)8-14-23(29)28(5)16-22-26-24(27-31-22)19-9-11-20(12-10-19)25(2,3)4/h7,9-13,15H,8,14,16H2,1-6H3. The summed E-state index contributed by atoms with van der Waals surface area (Å²) in [5.74, 6) is 1.84. The number of aryl methyl sites for hydroxylation is 2. The molecule has 3 aromatic rings. The van der Waals surface area contributed by atoms with E-state index in [0.29, 0.717) is 24.6 Å². The van der Waals surface area contributed by atoms with E-state index in [1.807, 2.05) is 31.2 Å². The first-order chi connectivity index (χ1) is 14.7. The maximum atomic E-state index is 12.5. The van der Waals surface area contributed by atoms with Gasteiger partial charge < -0.3 is 14.2 Å². The van der Waals surface area contributed by atoms with Gasteiger partial charge in [-0.1, -0.05) is 62.3 Å². The Morgan fingerprint density at radius 2 is 1.84 bits per heavy atom. The summed E-state index contributed by atoms with van der Waals surface area (Å²) in [6.07, 6.45) is 1.08. The molecule has 6 heteroatoms. The van der Waals surface area contributed by atoms with Crippen LogP contribution in [0.3, 0.4) is 0 Å². The van der Waals surface area contributed by atoms with Crippen LogP contribution in [0, 0.1) is 6.92 Å². The first-order valence-corrected chi connectivity index (χ1v) is 10.5. The average molecular weight is 422 g/mol. The van der Waals surface area contributed by atoms with Crippen LogP contribution in [0.4, 0.5) is 0 Å². The lowest BCUT2D eigenvalue weighted by molar-refractivity contribution is -0.130. The van der Waals surface area contributed by atoms with Crippen molar-refractivity contribution in [3.63, 3.8) is 0 Å². The molecular weight excluding hydrogens is 390 g/mol. The highest BCUT2D eigenvalue weighted by Gasteiger charge is 2.17. The number of rotatable bonds is 7. The van der Waals surface area contributed by atoms with Gasteiger partial charge in [-0.2, -0.15) is 4.98 Å². The maximum Gasteiger partial charge on any atom is 0.246 e. The minimum Gasteiger partial charge on any atom is -0.496 e. The van der Waals surface area contributed by atoms with Crippen molar-refractivity contribution in [3.8, 4) is 17.1 Å². The summed E-state index contributed by atoms with van der Waals surface area (Å²) in [7, 11) is 3.41. The van der Waals surface area contributed by atoms with Crippen molar-refractivity contribution in [2.24, 2.45) is 0 Å². The Morgan fingerprint density at radius 3 is 2.45 bits per heavy atom. The highest BCUT2D eigenvalue weighted by atomic mass is 16.5. The van der Waals surface area contributed by atoms with Gasteiger partial charge in [-0.15, -0.1) is 0 Å². The number of amides is 1. The Balaban J connectivity index is 1.57. The van der Waals surface area contributed by atoms with Gasteiger partial charge in [0.1, 0.15) is 5.75 Å². The van der Waals surface area contributed by atoms with Crippen molar-refractivity contribution >= 4 is 5.91 Å². The Hall–Kier alpha value is -3.15. The second-order valence-electron chi connectivity index (χ2n) is 8.89. The van der Waals surface area contributed by atoms with Crippen LogP contribution in [-0.4, -0.2) is 35.1 Å². The van der Waals surface area contributed by atoms with E-state index in [1.165, 1.54) is 5.56 Å². The zero-order chi connectivity index (χ0) is 22.6. The fourth-order valence-corrected chi connectivity index (χ4v) is 3.38.